The lowest BCUT2D eigenvalue weighted by Gasteiger charge is -2.37. The van der Waals surface area contributed by atoms with Gasteiger partial charge in [0.25, 0.3) is 5.91 Å². The van der Waals surface area contributed by atoms with E-state index >= 15 is 0 Å². The van der Waals surface area contributed by atoms with Gasteiger partial charge in [0.05, 0.1) is 0 Å². The van der Waals surface area contributed by atoms with E-state index in [1.165, 1.54) is 0 Å². The van der Waals surface area contributed by atoms with Gasteiger partial charge in [-0.1, -0.05) is 30.3 Å². The van der Waals surface area contributed by atoms with E-state index in [-0.39, 0.29) is 17.9 Å². The average Bonchev–Trinajstić information content (AvgIpc) is 2.72. The maximum absolute atomic E-state index is 12.4. The summed E-state index contributed by atoms with van der Waals surface area (Å²) in [7, 11) is 1.87. The lowest BCUT2D eigenvalue weighted by Crippen LogP contribution is -2.45. The SMILES string of the molecule is CC(=O)N(C)C1CCN(c2ccnc(C(=O)NCc3ccccc3)c2)CC1. The molecule has 0 unspecified atom stereocenters. The number of anilines is 1. The molecule has 0 radical (unpaired) electrons. The molecule has 0 atom stereocenters. The zero-order valence-corrected chi connectivity index (χ0v) is 15.9. The zero-order valence-electron chi connectivity index (χ0n) is 15.9. The third-order valence-electron chi connectivity index (χ3n) is 5.15. The van der Waals surface area contributed by atoms with Crippen LogP contribution in [0.2, 0.25) is 0 Å². The van der Waals surface area contributed by atoms with Crippen LogP contribution in [-0.4, -0.2) is 47.9 Å². The number of hydrogen-bond donors (Lipinski definition) is 1. The van der Waals surface area contributed by atoms with E-state index in [9.17, 15) is 9.59 Å². The number of carbonyl (C=O) groups is 2. The highest BCUT2D eigenvalue weighted by Gasteiger charge is 2.24. The van der Waals surface area contributed by atoms with Crippen LogP contribution in [0.4, 0.5) is 5.69 Å². The van der Waals surface area contributed by atoms with Gasteiger partial charge in [-0.15, -0.1) is 0 Å². The summed E-state index contributed by atoms with van der Waals surface area (Å²) in [5.74, 6) is -0.0679. The van der Waals surface area contributed by atoms with Crippen LogP contribution in [0.3, 0.4) is 0 Å². The molecule has 6 heteroatoms. The zero-order chi connectivity index (χ0) is 19.2. The lowest BCUT2D eigenvalue weighted by molar-refractivity contribution is -0.129. The summed E-state index contributed by atoms with van der Waals surface area (Å²) in [4.78, 5) is 32.3. The molecular formula is C21H26N4O2. The number of aromatic nitrogens is 1. The van der Waals surface area contributed by atoms with Gasteiger partial charge in [-0.05, 0) is 30.5 Å². The minimum Gasteiger partial charge on any atom is -0.371 e. The number of nitrogens with zero attached hydrogens (tertiary/aromatic N) is 3. The molecule has 2 aromatic rings. The van der Waals surface area contributed by atoms with Crippen molar-refractivity contribution in [1.29, 1.82) is 0 Å². The van der Waals surface area contributed by atoms with Crippen molar-refractivity contribution in [1.82, 2.24) is 15.2 Å². The molecule has 27 heavy (non-hydrogen) atoms. The van der Waals surface area contributed by atoms with E-state index in [1.807, 2.05) is 54.4 Å². The first-order valence-corrected chi connectivity index (χ1v) is 9.31. The molecule has 1 aromatic heterocycles. The monoisotopic (exact) mass is 366 g/mol. The molecule has 2 amide bonds. The first-order chi connectivity index (χ1) is 13.0. The number of piperidine rings is 1. The maximum Gasteiger partial charge on any atom is 0.270 e. The minimum atomic E-state index is -0.174. The standard InChI is InChI=1S/C21H26N4O2/c1-16(26)24(2)18-9-12-25(13-10-18)19-8-11-22-20(14-19)21(27)23-15-17-6-4-3-5-7-17/h3-8,11,14,18H,9-10,12-13,15H2,1-2H3,(H,23,27). The van der Waals surface area contributed by atoms with Crippen molar-refractivity contribution >= 4 is 17.5 Å². The number of amides is 2. The molecule has 1 fully saturated rings. The fourth-order valence-corrected chi connectivity index (χ4v) is 3.38. The molecule has 1 saturated heterocycles. The Morgan fingerprint density at radius 2 is 1.89 bits per heavy atom. The van der Waals surface area contributed by atoms with E-state index in [0.717, 1.165) is 37.2 Å². The second-order valence-electron chi connectivity index (χ2n) is 6.92. The Bertz CT molecular complexity index is 786. The van der Waals surface area contributed by atoms with Crippen LogP contribution >= 0.6 is 0 Å². The second kappa shape index (κ2) is 8.66. The van der Waals surface area contributed by atoms with Crippen molar-refractivity contribution in [2.75, 3.05) is 25.0 Å². The third kappa shape index (κ3) is 4.84. The highest BCUT2D eigenvalue weighted by molar-refractivity contribution is 5.93. The second-order valence-corrected chi connectivity index (χ2v) is 6.92. The summed E-state index contributed by atoms with van der Waals surface area (Å²) in [6, 6.07) is 13.9. The molecule has 0 bridgehead atoms. The number of carbonyl (C=O) groups excluding carboxylic acids is 2. The van der Waals surface area contributed by atoms with Gasteiger partial charge in [-0.3, -0.25) is 14.6 Å². The summed E-state index contributed by atoms with van der Waals surface area (Å²) >= 11 is 0. The fourth-order valence-electron chi connectivity index (χ4n) is 3.38. The van der Waals surface area contributed by atoms with Gasteiger partial charge in [-0.2, -0.15) is 0 Å². The van der Waals surface area contributed by atoms with Gasteiger partial charge in [0.2, 0.25) is 5.91 Å². The summed E-state index contributed by atoms with van der Waals surface area (Å²) < 4.78 is 0. The molecule has 3 rings (SSSR count). The van der Waals surface area contributed by atoms with Gasteiger partial charge in [0, 0.05) is 51.5 Å². The Labute approximate surface area is 160 Å². The summed E-state index contributed by atoms with van der Waals surface area (Å²) in [6.45, 7) is 3.80. The van der Waals surface area contributed by atoms with Crippen LogP contribution in [0.15, 0.2) is 48.7 Å². The Hall–Kier alpha value is -2.89. The molecular weight excluding hydrogens is 340 g/mol. The van der Waals surface area contributed by atoms with E-state index in [4.69, 9.17) is 0 Å². The smallest absolute Gasteiger partial charge is 0.270 e. The Morgan fingerprint density at radius 1 is 1.19 bits per heavy atom. The predicted molar refractivity (Wildman–Crippen MR) is 106 cm³/mol. The van der Waals surface area contributed by atoms with Crippen molar-refractivity contribution in [3.05, 3.63) is 59.9 Å². The first kappa shape index (κ1) is 18.9. The number of hydrogen-bond acceptors (Lipinski definition) is 4. The molecule has 1 aliphatic heterocycles. The van der Waals surface area contributed by atoms with E-state index in [0.29, 0.717) is 12.2 Å². The lowest BCUT2D eigenvalue weighted by atomic mass is 10.0. The number of rotatable bonds is 5. The minimum absolute atomic E-state index is 0.106. The molecule has 0 aliphatic carbocycles. The molecule has 0 spiro atoms. The van der Waals surface area contributed by atoms with E-state index < -0.39 is 0 Å². The average molecular weight is 366 g/mol. The molecule has 0 saturated carbocycles. The van der Waals surface area contributed by atoms with Gasteiger partial charge in [0.1, 0.15) is 5.69 Å². The van der Waals surface area contributed by atoms with Gasteiger partial charge in [-0.25, -0.2) is 0 Å². The summed E-state index contributed by atoms with van der Waals surface area (Å²) in [6.07, 6.45) is 3.53. The van der Waals surface area contributed by atoms with Crippen molar-refractivity contribution in [3.63, 3.8) is 0 Å². The van der Waals surface area contributed by atoms with E-state index in [1.54, 1.807) is 13.1 Å². The fraction of sp³-hybridized carbons (Fsp3) is 0.381. The van der Waals surface area contributed by atoms with Crippen molar-refractivity contribution in [2.45, 2.75) is 32.4 Å². The first-order valence-electron chi connectivity index (χ1n) is 9.31. The highest BCUT2D eigenvalue weighted by Crippen LogP contribution is 2.22. The Balaban J connectivity index is 1.59. The van der Waals surface area contributed by atoms with Gasteiger partial charge < -0.3 is 15.1 Å². The number of nitrogens with one attached hydrogen (secondary N) is 1. The largest absolute Gasteiger partial charge is 0.371 e. The molecule has 142 valence electrons. The van der Waals surface area contributed by atoms with Gasteiger partial charge >= 0.3 is 0 Å². The van der Waals surface area contributed by atoms with Crippen LogP contribution in [-0.2, 0) is 11.3 Å². The van der Waals surface area contributed by atoms with Crippen LogP contribution < -0.4 is 10.2 Å². The molecule has 6 nitrogen and oxygen atoms in total. The van der Waals surface area contributed by atoms with Crippen molar-refractivity contribution in [3.8, 4) is 0 Å². The van der Waals surface area contributed by atoms with Crippen LogP contribution in [0, 0.1) is 0 Å². The Kier molecular flexibility index (Phi) is 6.06. The third-order valence-corrected chi connectivity index (χ3v) is 5.15. The van der Waals surface area contributed by atoms with Crippen molar-refractivity contribution in [2.24, 2.45) is 0 Å². The van der Waals surface area contributed by atoms with Crippen LogP contribution in [0.1, 0.15) is 35.8 Å². The highest BCUT2D eigenvalue weighted by atomic mass is 16.2. The molecule has 1 aromatic carbocycles. The predicted octanol–water partition coefficient (Wildman–Crippen LogP) is 2.46. The van der Waals surface area contributed by atoms with Crippen LogP contribution in [0.25, 0.3) is 0 Å². The quantitative estimate of drug-likeness (QED) is 0.883. The number of pyridine rings is 1. The normalized spacial score (nSPS) is 14.7. The number of benzene rings is 1. The Morgan fingerprint density at radius 3 is 2.56 bits per heavy atom. The molecule has 1 N–H and O–H groups in total. The van der Waals surface area contributed by atoms with Crippen molar-refractivity contribution < 1.29 is 9.59 Å². The van der Waals surface area contributed by atoms with E-state index in [2.05, 4.69) is 15.2 Å². The molecule has 2 heterocycles. The van der Waals surface area contributed by atoms with Gasteiger partial charge in [0.15, 0.2) is 0 Å². The summed E-state index contributed by atoms with van der Waals surface area (Å²) in [5.41, 5.74) is 2.48. The molecule has 1 aliphatic rings. The summed E-state index contributed by atoms with van der Waals surface area (Å²) in [5, 5.41) is 2.92. The topological polar surface area (TPSA) is 65.5 Å². The van der Waals surface area contributed by atoms with Crippen LogP contribution in [0.5, 0.6) is 0 Å². The maximum atomic E-state index is 12.4.